The third kappa shape index (κ3) is 4.56. The van der Waals surface area contributed by atoms with E-state index in [1.807, 2.05) is 6.92 Å². The number of nitrogens with one attached hydrogen (secondary N) is 1. The van der Waals surface area contributed by atoms with Crippen molar-refractivity contribution in [3.8, 4) is 0 Å². The monoisotopic (exact) mass is 273 g/mol. The fraction of sp³-hybridized carbons (Fsp3) is 0.571. The molecular weight excluding hydrogens is 253 g/mol. The molecule has 0 aliphatic heterocycles. The van der Waals surface area contributed by atoms with Gasteiger partial charge in [0, 0.05) is 30.3 Å². The maximum absolute atomic E-state index is 13.9. The molecule has 0 aliphatic carbocycles. The summed E-state index contributed by atoms with van der Waals surface area (Å²) in [6, 6.07) is 4.84. The van der Waals surface area contributed by atoms with E-state index >= 15 is 0 Å². The second kappa shape index (κ2) is 7.72. The lowest BCUT2D eigenvalue weighted by Gasteiger charge is -2.22. The van der Waals surface area contributed by atoms with Gasteiger partial charge in [0.05, 0.1) is 0 Å². The number of rotatable bonds is 7. The summed E-state index contributed by atoms with van der Waals surface area (Å²) < 4.78 is 19.0. The molecule has 2 nitrogen and oxygen atoms in total. The Labute approximate surface area is 113 Å². The van der Waals surface area contributed by atoms with E-state index < -0.39 is 0 Å². The summed E-state index contributed by atoms with van der Waals surface area (Å²) in [7, 11) is 1.68. The van der Waals surface area contributed by atoms with Crippen molar-refractivity contribution in [2.24, 2.45) is 5.92 Å². The minimum Gasteiger partial charge on any atom is -0.384 e. The minimum atomic E-state index is -0.252. The number of benzene rings is 1. The number of halogens is 2. The van der Waals surface area contributed by atoms with E-state index in [-0.39, 0.29) is 11.9 Å². The zero-order chi connectivity index (χ0) is 13.5. The van der Waals surface area contributed by atoms with Crippen molar-refractivity contribution in [3.63, 3.8) is 0 Å². The van der Waals surface area contributed by atoms with Gasteiger partial charge in [0.1, 0.15) is 5.82 Å². The van der Waals surface area contributed by atoms with Gasteiger partial charge in [-0.1, -0.05) is 31.5 Å². The molecular formula is C14H21ClFNO. The molecule has 0 radical (unpaired) electrons. The Morgan fingerprint density at radius 3 is 2.72 bits per heavy atom. The van der Waals surface area contributed by atoms with Crippen LogP contribution in [0.4, 0.5) is 4.39 Å². The molecule has 0 bridgehead atoms. The molecule has 2 unspecified atom stereocenters. The Hall–Kier alpha value is -0.640. The van der Waals surface area contributed by atoms with Gasteiger partial charge in [-0.2, -0.15) is 0 Å². The van der Waals surface area contributed by atoms with Gasteiger partial charge in [0.2, 0.25) is 0 Å². The lowest BCUT2D eigenvalue weighted by molar-refractivity contribution is 0.149. The maximum atomic E-state index is 13.9. The molecule has 0 heterocycles. The molecule has 1 rings (SSSR count). The Kier molecular flexibility index (Phi) is 6.61. The topological polar surface area (TPSA) is 21.3 Å². The lowest BCUT2D eigenvalue weighted by atomic mass is 9.96. The molecule has 0 aromatic heterocycles. The molecule has 0 saturated carbocycles. The number of methoxy groups -OCH3 is 1. The quantitative estimate of drug-likeness (QED) is 0.816. The van der Waals surface area contributed by atoms with Crippen molar-refractivity contribution in [2.75, 3.05) is 20.3 Å². The first-order valence-corrected chi connectivity index (χ1v) is 6.63. The van der Waals surface area contributed by atoms with Gasteiger partial charge in [-0.25, -0.2) is 4.39 Å². The largest absolute Gasteiger partial charge is 0.384 e. The minimum absolute atomic E-state index is 0.00239. The van der Waals surface area contributed by atoms with Crippen molar-refractivity contribution in [3.05, 3.63) is 34.6 Å². The van der Waals surface area contributed by atoms with Gasteiger partial charge in [0.25, 0.3) is 0 Å². The number of hydrogen-bond acceptors (Lipinski definition) is 2. The van der Waals surface area contributed by atoms with E-state index in [9.17, 15) is 4.39 Å². The smallest absolute Gasteiger partial charge is 0.129 e. The highest BCUT2D eigenvalue weighted by atomic mass is 35.5. The highest BCUT2D eigenvalue weighted by Gasteiger charge is 2.18. The second-order valence-electron chi connectivity index (χ2n) is 4.57. The van der Waals surface area contributed by atoms with Crippen LogP contribution in [-0.4, -0.2) is 20.3 Å². The van der Waals surface area contributed by atoms with Crippen molar-refractivity contribution in [1.29, 1.82) is 0 Å². The van der Waals surface area contributed by atoms with Gasteiger partial charge in [-0.3, -0.25) is 0 Å². The van der Waals surface area contributed by atoms with Crippen LogP contribution in [0.5, 0.6) is 0 Å². The molecule has 1 aromatic carbocycles. The molecule has 0 aliphatic rings. The fourth-order valence-electron chi connectivity index (χ4n) is 2.11. The van der Waals surface area contributed by atoms with Crippen LogP contribution in [-0.2, 0) is 4.74 Å². The average molecular weight is 274 g/mol. The fourth-order valence-corrected chi connectivity index (χ4v) is 2.26. The zero-order valence-corrected chi connectivity index (χ0v) is 11.9. The van der Waals surface area contributed by atoms with E-state index in [1.165, 1.54) is 6.07 Å². The molecule has 4 heteroatoms. The molecule has 0 fully saturated rings. The molecule has 0 amide bonds. The van der Waals surface area contributed by atoms with Crippen LogP contribution in [0, 0.1) is 11.7 Å². The third-order valence-corrected chi connectivity index (χ3v) is 3.11. The van der Waals surface area contributed by atoms with Crippen LogP contribution in [0.15, 0.2) is 18.2 Å². The van der Waals surface area contributed by atoms with Gasteiger partial charge < -0.3 is 10.1 Å². The lowest BCUT2D eigenvalue weighted by Crippen LogP contribution is -2.25. The van der Waals surface area contributed by atoms with E-state index in [0.29, 0.717) is 23.1 Å². The summed E-state index contributed by atoms with van der Waals surface area (Å²) in [5.41, 5.74) is 0.671. The average Bonchev–Trinajstić information content (AvgIpc) is 2.29. The molecule has 2 atom stereocenters. The molecule has 102 valence electrons. The van der Waals surface area contributed by atoms with E-state index in [0.717, 1.165) is 13.0 Å². The van der Waals surface area contributed by atoms with Crippen LogP contribution in [0.3, 0.4) is 0 Å². The Morgan fingerprint density at radius 1 is 1.44 bits per heavy atom. The molecule has 0 saturated heterocycles. The summed E-state index contributed by atoms with van der Waals surface area (Å²) in [6.45, 7) is 5.59. The molecule has 18 heavy (non-hydrogen) atoms. The summed E-state index contributed by atoms with van der Waals surface area (Å²) in [5, 5.41) is 3.74. The van der Waals surface area contributed by atoms with Crippen molar-refractivity contribution in [1.82, 2.24) is 5.32 Å². The first kappa shape index (κ1) is 15.4. The first-order valence-electron chi connectivity index (χ1n) is 6.25. The number of ether oxygens (including phenoxy) is 1. The predicted octanol–water partition coefficient (Wildman–Crippen LogP) is 3.80. The van der Waals surface area contributed by atoms with Crippen LogP contribution in [0.25, 0.3) is 0 Å². The first-order chi connectivity index (χ1) is 8.58. The van der Waals surface area contributed by atoms with Crippen molar-refractivity contribution >= 4 is 11.6 Å². The summed E-state index contributed by atoms with van der Waals surface area (Å²) in [6.07, 6.45) is 0.834. The van der Waals surface area contributed by atoms with Gasteiger partial charge >= 0.3 is 0 Å². The molecule has 1 aromatic rings. The molecule has 0 spiro atoms. The SMILES string of the molecule is CCNC(CC(C)COC)c1ccc(Cl)cc1F. The van der Waals surface area contributed by atoms with Crippen LogP contribution >= 0.6 is 11.6 Å². The van der Waals surface area contributed by atoms with Crippen LogP contribution < -0.4 is 5.32 Å². The van der Waals surface area contributed by atoms with Crippen LogP contribution in [0.1, 0.15) is 31.9 Å². The van der Waals surface area contributed by atoms with E-state index in [2.05, 4.69) is 12.2 Å². The van der Waals surface area contributed by atoms with E-state index in [1.54, 1.807) is 19.2 Å². The van der Waals surface area contributed by atoms with Crippen LogP contribution in [0.2, 0.25) is 5.02 Å². The Bertz CT molecular complexity index is 373. The number of hydrogen-bond donors (Lipinski definition) is 1. The summed E-state index contributed by atoms with van der Waals surface area (Å²) >= 11 is 5.77. The van der Waals surface area contributed by atoms with Crippen molar-refractivity contribution in [2.45, 2.75) is 26.3 Å². The second-order valence-corrected chi connectivity index (χ2v) is 5.01. The highest BCUT2D eigenvalue weighted by molar-refractivity contribution is 6.30. The Balaban J connectivity index is 2.82. The zero-order valence-electron chi connectivity index (χ0n) is 11.2. The maximum Gasteiger partial charge on any atom is 0.129 e. The molecule has 1 N–H and O–H groups in total. The third-order valence-electron chi connectivity index (χ3n) is 2.88. The summed E-state index contributed by atoms with van der Waals surface area (Å²) in [5.74, 6) is 0.118. The van der Waals surface area contributed by atoms with Gasteiger partial charge in [-0.05, 0) is 31.0 Å². The Morgan fingerprint density at radius 2 is 2.17 bits per heavy atom. The van der Waals surface area contributed by atoms with Gasteiger partial charge in [-0.15, -0.1) is 0 Å². The summed E-state index contributed by atoms with van der Waals surface area (Å²) in [4.78, 5) is 0. The highest BCUT2D eigenvalue weighted by Crippen LogP contribution is 2.26. The normalized spacial score (nSPS) is 14.5. The van der Waals surface area contributed by atoms with E-state index in [4.69, 9.17) is 16.3 Å². The standard InChI is InChI=1S/C14H21ClFNO/c1-4-17-14(7-10(2)9-18-3)12-6-5-11(15)8-13(12)16/h5-6,8,10,14,17H,4,7,9H2,1-3H3. The van der Waals surface area contributed by atoms with Gasteiger partial charge in [0.15, 0.2) is 0 Å². The van der Waals surface area contributed by atoms with Crippen molar-refractivity contribution < 1.29 is 9.13 Å². The predicted molar refractivity (Wildman–Crippen MR) is 73.5 cm³/mol.